The van der Waals surface area contributed by atoms with Crippen molar-refractivity contribution in [1.82, 2.24) is 15.3 Å². The van der Waals surface area contributed by atoms with Crippen LogP contribution in [0.4, 0.5) is 0 Å². The lowest BCUT2D eigenvalue weighted by Gasteiger charge is -2.10. The van der Waals surface area contributed by atoms with Crippen LogP contribution in [-0.4, -0.2) is 39.7 Å². The molecule has 0 radical (unpaired) electrons. The Kier molecular flexibility index (Phi) is 5.82. The summed E-state index contributed by atoms with van der Waals surface area (Å²) in [5.74, 6) is -0.813. The molecule has 0 unspecified atom stereocenters. The van der Waals surface area contributed by atoms with Crippen LogP contribution >= 0.6 is 0 Å². The second-order valence-electron chi connectivity index (χ2n) is 6.44. The van der Waals surface area contributed by atoms with Gasteiger partial charge in [0.1, 0.15) is 5.82 Å². The molecule has 3 rings (SSSR count). The number of nitrogens with zero attached hydrogens (tertiary/aromatic N) is 1. The largest absolute Gasteiger partial charge is 0.504 e. The third kappa shape index (κ3) is 4.37. The van der Waals surface area contributed by atoms with Gasteiger partial charge in [-0.3, -0.25) is 9.59 Å². The standard InChI is InChI=1S/C21H21N3O5/c1-12-5-3-4-6-14(12)19-23-17(18(26)21(28)24-19)20(27)22-10-9-13-7-8-15(25)16(11-13)29-2/h3-8,11,25-26H,9-10H2,1-2H3,(H,22,27)(H,23,24,28). The van der Waals surface area contributed by atoms with Crippen LogP contribution in [0, 0.1) is 6.92 Å². The lowest BCUT2D eigenvalue weighted by Crippen LogP contribution is -2.28. The van der Waals surface area contributed by atoms with E-state index in [9.17, 15) is 19.8 Å². The van der Waals surface area contributed by atoms with Gasteiger partial charge in [0.05, 0.1) is 7.11 Å². The molecule has 150 valence electrons. The van der Waals surface area contributed by atoms with Crippen molar-refractivity contribution in [2.45, 2.75) is 13.3 Å². The first-order valence-electron chi connectivity index (χ1n) is 8.94. The Morgan fingerprint density at radius 3 is 2.69 bits per heavy atom. The minimum absolute atomic E-state index is 0.0293. The molecule has 1 amide bonds. The summed E-state index contributed by atoms with van der Waals surface area (Å²) in [5.41, 5.74) is 1.24. The second kappa shape index (κ2) is 8.47. The Morgan fingerprint density at radius 1 is 1.21 bits per heavy atom. The quantitative estimate of drug-likeness (QED) is 0.507. The maximum atomic E-state index is 12.5. The minimum Gasteiger partial charge on any atom is -0.504 e. The van der Waals surface area contributed by atoms with Gasteiger partial charge in [0.25, 0.3) is 11.5 Å². The first-order valence-corrected chi connectivity index (χ1v) is 8.94. The molecule has 0 aliphatic rings. The molecule has 0 saturated carbocycles. The number of carbonyl (C=O) groups is 1. The molecule has 0 bridgehead atoms. The number of hydrogen-bond donors (Lipinski definition) is 4. The van der Waals surface area contributed by atoms with Crippen molar-refractivity contribution in [3.63, 3.8) is 0 Å². The summed E-state index contributed by atoms with van der Waals surface area (Å²) in [7, 11) is 1.45. The molecule has 0 atom stereocenters. The zero-order valence-electron chi connectivity index (χ0n) is 16.0. The molecule has 3 aromatic rings. The van der Waals surface area contributed by atoms with Crippen LogP contribution < -0.4 is 15.6 Å². The molecule has 0 saturated heterocycles. The van der Waals surface area contributed by atoms with Crippen LogP contribution in [0.3, 0.4) is 0 Å². The summed E-state index contributed by atoms with van der Waals surface area (Å²) in [6, 6.07) is 12.2. The van der Waals surface area contributed by atoms with Crippen molar-refractivity contribution >= 4 is 5.91 Å². The number of aromatic amines is 1. The number of aromatic hydroxyl groups is 2. The highest BCUT2D eigenvalue weighted by Gasteiger charge is 2.19. The highest BCUT2D eigenvalue weighted by Crippen LogP contribution is 2.26. The third-order valence-electron chi connectivity index (χ3n) is 4.45. The molecule has 0 spiro atoms. The molecule has 1 heterocycles. The van der Waals surface area contributed by atoms with Gasteiger partial charge >= 0.3 is 0 Å². The van der Waals surface area contributed by atoms with E-state index in [1.54, 1.807) is 24.3 Å². The average Bonchev–Trinajstić information content (AvgIpc) is 2.71. The molecule has 1 aromatic heterocycles. The van der Waals surface area contributed by atoms with Gasteiger partial charge < -0.3 is 25.3 Å². The van der Waals surface area contributed by atoms with Gasteiger partial charge in [0.15, 0.2) is 17.2 Å². The van der Waals surface area contributed by atoms with Crippen molar-refractivity contribution in [1.29, 1.82) is 0 Å². The van der Waals surface area contributed by atoms with E-state index in [2.05, 4.69) is 15.3 Å². The number of aromatic nitrogens is 2. The summed E-state index contributed by atoms with van der Waals surface area (Å²) in [4.78, 5) is 31.2. The van der Waals surface area contributed by atoms with E-state index in [1.807, 2.05) is 19.1 Å². The number of hydrogen-bond acceptors (Lipinski definition) is 6. The lowest BCUT2D eigenvalue weighted by atomic mass is 10.1. The molecule has 0 aliphatic heterocycles. The molecule has 2 aromatic carbocycles. The number of nitrogens with one attached hydrogen (secondary N) is 2. The number of amides is 1. The van der Waals surface area contributed by atoms with Gasteiger partial charge in [-0.15, -0.1) is 0 Å². The molecule has 0 aliphatic carbocycles. The summed E-state index contributed by atoms with van der Waals surface area (Å²) >= 11 is 0. The summed E-state index contributed by atoms with van der Waals surface area (Å²) in [6.07, 6.45) is 0.455. The van der Waals surface area contributed by atoms with E-state index < -0.39 is 17.2 Å². The number of aryl methyl sites for hydroxylation is 1. The Bertz CT molecular complexity index is 1110. The zero-order chi connectivity index (χ0) is 21.0. The first-order chi connectivity index (χ1) is 13.9. The maximum absolute atomic E-state index is 12.5. The second-order valence-corrected chi connectivity index (χ2v) is 6.44. The number of benzene rings is 2. The smallest absolute Gasteiger partial charge is 0.294 e. The van der Waals surface area contributed by atoms with E-state index in [-0.39, 0.29) is 23.8 Å². The van der Waals surface area contributed by atoms with Crippen LogP contribution in [0.1, 0.15) is 21.6 Å². The Labute approximate surface area is 166 Å². The predicted octanol–water partition coefficient (Wildman–Crippen LogP) is 2.14. The minimum atomic E-state index is -0.785. The Hall–Kier alpha value is -3.81. The van der Waals surface area contributed by atoms with Gasteiger partial charge in [-0.1, -0.05) is 30.3 Å². The number of phenols is 1. The fourth-order valence-electron chi connectivity index (χ4n) is 2.87. The SMILES string of the molecule is COc1cc(CCNC(=O)c2nc(-c3ccccc3C)[nH]c(=O)c2O)ccc1O. The molecular weight excluding hydrogens is 374 g/mol. The number of H-pyrrole nitrogens is 1. The lowest BCUT2D eigenvalue weighted by molar-refractivity contribution is 0.0946. The molecule has 8 nitrogen and oxygen atoms in total. The van der Waals surface area contributed by atoms with Gasteiger partial charge in [0, 0.05) is 12.1 Å². The number of rotatable bonds is 6. The Balaban J connectivity index is 1.77. The molecule has 4 N–H and O–H groups in total. The highest BCUT2D eigenvalue weighted by atomic mass is 16.5. The average molecular weight is 395 g/mol. The third-order valence-corrected chi connectivity index (χ3v) is 4.45. The van der Waals surface area contributed by atoms with E-state index in [4.69, 9.17) is 4.74 Å². The van der Waals surface area contributed by atoms with Gasteiger partial charge in [-0.25, -0.2) is 4.98 Å². The molecule has 8 heteroatoms. The summed E-state index contributed by atoms with van der Waals surface area (Å²) < 4.78 is 5.06. The Morgan fingerprint density at radius 2 is 1.97 bits per heavy atom. The number of ether oxygens (including phenoxy) is 1. The van der Waals surface area contributed by atoms with Crippen molar-refractivity contribution in [3.05, 3.63) is 69.6 Å². The van der Waals surface area contributed by atoms with Crippen LogP contribution in [-0.2, 0) is 6.42 Å². The van der Waals surface area contributed by atoms with E-state index in [0.29, 0.717) is 17.7 Å². The maximum Gasteiger partial charge on any atom is 0.294 e. The normalized spacial score (nSPS) is 10.6. The zero-order valence-corrected chi connectivity index (χ0v) is 16.0. The van der Waals surface area contributed by atoms with Gasteiger partial charge in [-0.2, -0.15) is 0 Å². The van der Waals surface area contributed by atoms with Gasteiger partial charge in [0.2, 0.25) is 5.75 Å². The van der Waals surface area contributed by atoms with Crippen molar-refractivity contribution in [2.75, 3.05) is 13.7 Å². The van der Waals surface area contributed by atoms with E-state index in [0.717, 1.165) is 11.1 Å². The number of carbonyl (C=O) groups excluding carboxylic acids is 1. The van der Waals surface area contributed by atoms with Crippen molar-refractivity contribution in [2.24, 2.45) is 0 Å². The van der Waals surface area contributed by atoms with E-state index in [1.165, 1.54) is 13.2 Å². The topological polar surface area (TPSA) is 125 Å². The predicted molar refractivity (Wildman–Crippen MR) is 107 cm³/mol. The number of methoxy groups -OCH3 is 1. The van der Waals surface area contributed by atoms with Crippen LogP contribution in [0.5, 0.6) is 17.2 Å². The highest BCUT2D eigenvalue weighted by molar-refractivity contribution is 5.95. The van der Waals surface area contributed by atoms with Gasteiger partial charge in [-0.05, 0) is 36.6 Å². The summed E-state index contributed by atoms with van der Waals surface area (Å²) in [5, 5.41) is 22.3. The van der Waals surface area contributed by atoms with Crippen molar-refractivity contribution < 1.29 is 19.7 Å². The first kappa shape index (κ1) is 19.9. The van der Waals surface area contributed by atoms with Crippen molar-refractivity contribution in [3.8, 4) is 28.6 Å². The number of phenolic OH excluding ortho intramolecular Hbond substituents is 1. The summed E-state index contributed by atoms with van der Waals surface area (Å²) in [6.45, 7) is 2.09. The molecule has 29 heavy (non-hydrogen) atoms. The molecule has 0 fully saturated rings. The fraction of sp³-hybridized carbons (Fsp3) is 0.190. The van der Waals surface area contributed by atoms with E-state index >= 15 is 0 Å². The van der Waals surface area contributed by atoms with Crippen LogP contribution in [0.25, 0.3) is 11.4 Å². The fourth-order valence-corrected chi connectivity index (χ4v) is 2.87. The van der Waals surface area contributed by atoms with Crippen LogP contribution in [0.15, 0.2) is 47.3 Å². The monoisotopic (exact) mass is 395 g/mol. The van der Waals surface area contributed by atoms with Crippen LogP contribution in [0.2, 0.25) is 0 Å². The molecular formula is C21H21N3O5.